The van der Waals surface area contributed by atoms with E-state index >= 15 is 0 Å². The van der Waals surface area contributed by atoms with Gasteiger partial charge in [0.15, 0.2) is 0 Å². The van der Waals surface area contributed by atoms with Crippen LogP contribution in [-0.4, -0.2) is 34.7 Å². The molecule has 0 fully saturated rings. The lowest BCUT2D eigenvalue weighted by Gasteiger charge is -2.18. The van der Waals surface area contributed by atoms with Crippen LogP contribution in [0.25, 0.3) is 0 Å². The van der Waals surface area contributed by atoms with Gasteiger partial charge in [0, 0.05) is 24.5 Å². The van der Waals surface area contributed by atoms with E-state index < -0.39 is 11.8 Å². The summed E-state index contributed by atoms with van der Waals surface area (Å²) in [5, 5.41) is 0. The summed E-state index contributed by atoms with van der Waals surface area (Å²) in [6.07, 6.45) is 2.56. The Morgan fingerprint density at radius 2 is 1.67 bits per heavy atom. The van der Waals surface area contributed by atoms with Gasteiger partial charge in [-0.2, -0.15) is 0 Å². The van der Waals surface area contributed by atoms with E-state index in [1.165, 1.54) is 17.4 Å². The standard InChI is InChI=1S/C20H14N4O3/c1-23(14-5-3-2-4-6-14)18(25)13-7-9-15(10-8-13)24-19(26)16-11-21-12-22-17(16)20(24)27/h2-12H,1H3. The molecule has 27 heavy (non-hydrogen) atoms. The third kappa shape index (κ3) is 2.75. The first-order valence-electron chi connectivity index (χ1n) is 8.20. The molecule has 1 aromatic heterocycles. The molecule has 0 spiro atoms. The minimum absolute atomic E-state index is 0.0824. The Kier molecular flexibility index (Phi) is 3.97. The maximum absolute atomic E-state index is 12.6. The Hall–Kier alpha value is -3.87. The molecule has 0 unspecified atom stereocenters. The van der Waals surface area contributed by atoms with Crippen LogP contribution in [0.15, 0.2) is 67.1 Å². The quantitative estimate of drug-likeness (QED) is 0.672. The molecule has 0 bridgehead atoms. The molecule has 2 heterocycles. The topological polar surface area (TPSA) is 83.5 Å². The molecule has 7 heteroatoms. The van der Waals surface area contributed by atoms with E-state index in [0.717, 1.165) is 10.6 Å². The normalized spacial score (nSPS) is 12.9. The highest BCUT2D eigenvalue weighted by molar-refractivity contribution is 6.33. The summed E-state index contributed by atoms with van der Waals surface area (Å²) < 4.78 is 0. The summed E-state index contributed by atoms with van der Waals surface area (Å²) in [5.41, 5.74) is 1.85. The van der Waals surface area contributed by atoms with Crippen LogP contribution in [0.1, 0.15) is 31.2 Å². The van der Waals surface area contributed by atoms with Crippen molar-refractivity contribution in [1.82, 2.24) is 9.97 Å². The van der Waals surface area contributed by atoms with Crippen molar-refractivity contribution >= 4 is 29.1 Å². The Morgan fingerprint density at radius 3 is 2.33 bits per heavy atom. The number of hydrogen-bond acceptors (Lipinski definition) is 5. The van der Waals surface area contributed by atoms with Crippen molar-refractivity contribution < 1.29 is 14.4 Å². The van der Waals surface area contributed by atoms with Crippen molar-refractivity contribution in [2.75, 3.05) is 16.8 Å². The first kappa shape index (κ1) is 16.6. The number of hydrogen-bond donors (Lipinski definition) is 0. The zero-order chi connectivity index (χ0) is 19.0. The third-order valence-electron chi connectivity index (χ3n) is 4.37. The van der Waals surface area contributed by atoms with E-state index in [-0.39, 0.29) is 17.2 Å². The van der Waals surface area contributed by atoms with Crippen molar-refractivity contribution in [3.63, 3.8) is 0 Å². The van der Waals surface area contributed by atoms with E-state index in [9.17, 15) is 14.4 Å². The molecule has 0 saturated carbocycles. The largest absolute Gasteiger partial charge is 0.311 e. The zero-order valence-corrected chi connectivity index (χ0v) is 14.4. The predicted molar refractivity (Wildman–Crippen MR) is 98.8 cm³/mol. The van der Waals surface area contributed by atoms with Crippen LogP contribution in [-0.2, 0) is 0 Å². The predicted octanol–water partition coefficient (Wildman–Crippen LogP) is 2.55. The van der Waals surface area contributed by atoms with E-state index in [0.29, 0.717) is 11.3 Å². The summed E-state index contributed by atoms with van der Waals surface area (Å²) in [6, 6.07) is 15.6. The molecule has 4 rings (SSSR count). The number of nitrogens with zero attached hydrogens (tertiary/aromatic N) is 4. The summed E-state index contributed by atoms with van der Waals surface area (Å²) >= 11 is 0. The monoisotopic (exact) mass is 358 g/mol. The van der Waals surface area contributed by atoms with Gasteiger partial charge in [-0.3, -0.25) is 14.4 Å². The number of carbonyl (C=O) groups is 3. The molecule has 0 saturated heterocycles. The van der Waals surface area contributed by atoms with Gasteiger partial charge in [0.25, 0.3) is 17.7 Å². The van der Waals surface area contributed by atoms with Crippen LogP contribution in [0.5, 0.6) is 0 Å². The van der Waals surface area contributed by atoms with Crippen LogP contribution >= 0.6 is 0 Å². The van der Waals surface area contributed by atoms with E-state index in [2.05, 4.69) is 9.97 Å². The van der Waals surface area contributed by atoms with E-state index in [1.807, 2.05) is 30.3 Å². The Balaban J connectivity index is 1.59. The van der Waals surface area contributed by atoms with Crippen LogP contribution in [0.3, 0.4) is 0 Å². The van der Waals surface area contributed by atoms with Gasteiger partial charge in [0.05, 0.1) is 11.3 Å². The average molecular weight is 358 g/mol. The lowest BCUT2D eigenvalue weighted by atomic mass is 10.1. The molecule has 1 aliphatic heterocycles. The smallest absolute Gasteiger partial charge is 0.284 e. The zero-order valence-electron chi connectivity index (χ0n) is 14.4. The number of para-hydroxylation sites is 1. The number of imide groups is 1. The SMILES string of the molecule is CN(C(=O)c1ccc(N2C(=O)c3cncnc3C2=O)cc1)c1ccccc1. The fourth-order valence-electron chi connectivity index (χ4n) is 2.93. The maximum Gasteiger partial charge on any atom is 0.284 e. The number of fused-ring (bicyclic) bond motifs is 1. The Bertz CT molecular complexity index is 1010. The molecule has 0 radical (unpaired) electrons. The second-order valence-electron chi connectivity index (χ2n) is 5.98. The molecular weight excluding hydrogens is 344 g/mol. The molecule has 7 nitrogen and oxygen atoms in total. The van der Waals surface area contributed by atoms with E-state index in [4.69, 9.17) is 0 Å². The number of aromatic nitrogens is 2. The van der Waals surface area contributed by atoms with Crippen molar-refractivity contribution in [3.8, 4) is 0 Å². The van der Waals surface area contributed by atoms with Gasteiger partial charge in [-0.05, 0) is 36.4 Å². The molecule has 3 amide bonds. The summed E-state index contributed by atoms with van der Waals surface area (Å²) in [6.45, 7) is 0. The van der Waals surface area contributed by atoms with Crippen LogP contribution in [0, 0.1) is 0 Å². The molecule has 0 N–H and O–H groups in total. The minimum Gasteiger partial charge on any atom is -0.311 e. The minimum atomic E-state index is -0.502. The first-order chi connectivity index (χ1) is 13.1. The highest BCUT2D eigenvalue weighted by Crippen LogP contribution is 2.27. The number of carbonyl (C=O) groups excluding carboxylic acids is 3. The molecular formula is C20H14N4O3. The molecule has 1 aliphatic rings. The Labute approximate surface area is 154 Å². The number of anilines is 2. The number of benzene rings is 2. The van der Waals surface area contributed by atoms with Gasteiger partial charge in [0.1, 0.15) is 12.0 Å². The fourth-order valence-corrected chi connectivity index (χ4v) is 2.93. The highest BCUT2D eigenvalue weighted by Gasteiger charge is 2.38. The Morgan fingerprint density at radius 1 is 0.963 bits per heavy atom. The third-order valence-corrected chi connectivity index (χ3v) is 4.37. The van der Waals surface area contributed by atoms with Crippen LogP contribution in [0.2, 0.25) is 0 Å². The lowest BCUT2D eigenvalue weighted by molar-refractivity contribution is 0.0923. The fraction of sp³-hybridized carbons (Fsp3) is 0.0500. The van der Waals surface area contributed by atoms with Gasteiger partial charge >= 0.3 is 0 Å². The first-order valence-corrected chi connectivity index (χ1v) is 8.20. The average Bonchev–Trinajstić information content (AvgIpc) is 2.98. The van der Waals surface area contributed by atoms with Gasteiger partial charge in [-0.15, -0.1) is 0 Å². The summed E-state index contributed by atoms with van der Waals surface area (Å²) in [5.74, 6) is -1.17. The second-order valence-corrected chi connectivity index (χ2v) is 5.98. The van der Waals surface area contributed by atoms with Gasteiger partial charge in [-0.1, -0.05) is 18.2 Å². The molecule has 0 aliphatic carbocycles. The van der Waals surface area contributed by atoms with Gasteiger partial charge in [0.2, 0.25) is 0 Å². The molecule has 3 aromatic rings. The highest BCUT2D eigenvalue weighted by atomic mass is 16.2. The van der Waals surface area contributed by atoms with Gasteiger partial charge < -0.3 is 4.90 Å². The van der Waals surface area contributed by atoms with Crippen LogP contribution in [0.4, 0.5) is 11.4 Å². The van der Waals surface area contributed by atoms with E-state index in [1.54, 1.807) is 31.3 Å². The van der Waals surface area contributed by atoms with Crippen LogP contribution < -0.4 is 9.80 Å². The van der Waals surface area contributed by atoms with Crippen molar-refractivity contribution in [2.45, 2.75) is 0 Å². The number of amides is 3. The molecule has 2 aromatic carbocycles. The number of rotatable bonds is 3. The summed E-state index contributed by atoms with van der Waals surface area (Å²) in [4.78, 5) is 47.8. The molecule has 132 valence electrons. The van der Waals surface area contributed by atoms with Crippen molar-refractivity contribution in [1.29, 1.82) is 0 Å². The molecule has 0 atom stereocenters. The van der Waals surface area contributed by atoms with Crippen molar-refractivity contribution in [3.05, 3.63) is 83.9 Å². The summed E-state index contributed by atoms with van der Waals surface area (Å²) in [7, 11) is 1.69. The second kappa shape index (κ2) is 6.45. The maximum atomic E-state index is 12.6. The van der Waals surface area contributed by atoms with Gasteiger partial charge in [-0.25, -0.2) is 14.9 Å². The van der Waals surface area contributed by atoms with Crippen molar-refractivity contribution in [2.24, 2.45) is 0 Å². The lowest BCUT2D eigenvalue weighted by Crippen LogP contribution is -2.30.